The van der Waals surface area contributed by atoms with E-state index in [2.05, 4.69) is 16.6 Å². The molecule has 1 aromatic carbocycles. The van der Waals surface area contributed by atoms with Crippen LogP contribution in [0.1, 0.15) is 25.0 Å². The van der Waals surface area contributed by atoms with E-state index in [1.807, 2.05) is 0 Å². The van der Waals surface area contributed by atoms with Gasteiger partial charge in [-0.15, -0.1) is 0 Å². The topological polar surface area (TPSA) is 66.4 Å². The standard InChI is InChI=1S/C13H16FNO3S/c1-10(2)19(17,18)15-9-12-8-11(4-3-7-16)5-6-13(12)14/h5-6,8,10,15-16H,7,9H2,1-2H3. The van der Waals surface area contributed by atoms with Crippen LogP contribution < -0.4 is 4.72 Å². The van der Waals surface area contributed by atoms with E-state index in [0.717, 1.165) is 0 Å². The first-order valence-electron chi connectivity index (χ1n) is 5.73. The van der Waals surface area contributed by atoms with Crippen LogP contribution in [0, 0.1) is 17.7 Å². The van der Waals surface area contributed by atoms with Crippen molar-refractivity contribution in [3.8, 4) is 11.8 Å². The molecule has 0 saturated heterocycles. The van der Waals surface area contributed by atoms with Crippen molar-refractivity contribution < 1.29 is 17.9 Å². The largest absolute Gasteiger partial charge is 0.384 e. The van der Waals surface area contributed by atoms with Crippen LogP contribution in [0.15, 0.2) is 18.2 Å². The van der Waals surface area contributed by atoms with Crippen LogP contribution in [0.4, 0.5) is 4.39 Å². The molecule has 1 rings (SSSR count). The van der Waals surface area contributed by atoms with Crippen LogP contribution in [0.2, 0.25) is 0 Å². The second kappa shape index (κ2) is 6.66. The Labute approximate surface area is 112 Å². The van der Waals surface area contributed by atoms with E-state index < -0.39 is 21.1 Å². The molecule has 0 fully saturated rings. The molecule has 0 unspecified atom stereocenters. The lowest BCUT2D eigenvalue weighted by Crippen LogP contribution is -2.30. The van der Waals surface area contributed by atoms with E-state index >= 15 is 0 Å². The number of nitrogens with one attached hydrogen (secondary N) is 1. The Morgan fingerprint density at radius 1 is 1.42 bits per heavy atom. The minimum absolute atomic E-state index is 0.124. The van der Waals surface area contributed by atoms with Gasteiger partial charge in [-0.2, -0.15) is 0 Å². The van der Waals surface area contributed by atoms with Crippen LogP contribution in [-0.2, 0) is 16.6 Å². The molecule has 0 atom stereocenters. The average Bonchev–Trinajstić information content (AvgIpc) is 2.36. The fourth-order valence-corrected chi connectivity index (χ4v) is 1.96. The van der Waals surface area contributed by atoms with Gasteiger partial charge in [-0.1, -0.05) is 11.8 Å². The van der Waals surface area contributed by atoms with Gasteiger partial charge in [0.15, 0.2) is 0 Å². The first-order chi connectivity index (χ1) is 8.86. The Morgan fingerprint density at radius 3 is 2.68 bits per heavy atom. The zero-order valence-corrected chi connectivity index (χ0v) is 11.6. The molecular weight excluding hydrogens is 269 g/mol. The van der Waals surface area contributed by atoms with E-state index in [-0.39, 0.29) is 18.7 Å². The predicted molar refractivity (Wildman–Crippen MR) is 71.3 cm³/mol. The Balaban J connectivity index is 2.89. The highest BCUT2D eigenvalue weighted by molar-refractivity contribution is 7.90. The maximum absolute atomic E-state index is 13.5. The first kappa shape index (κ1) is 15.6. The molecule has 19 heavy (non-hydrogen) atoms. The van der Waals surface area contributed by atoms with E-state index in [4.69, 9.17) is 5.11 Å². The van der Waals surface area contributed by atoms with Crippen molar-refractivity contribution in [1.82, 2.24) is 4.72 Å². The Kier molecular flexibility index (Phi) is 5.48. The smallest absolute Gasteiger partial charge is 0.214 e. The van der Waals surface area contributed by atoms with E-state index in [9.17, 15) is 12.8 Å². The van der Waals surface area contributed by atoms with Gasteiger partial charge in [0.1, 0.15) is 12.4 Å². The van der Waals surface area contributed by atoms with Gasteiger partial charge in [-0.25, -0.2) is 17.5 Å². The van der Waals surface area contributed by atoms with E-state index in [0.29, 0.717) is 5.56 Å². The van der Waals surface area contributed by atoms with Gasteiger partial charge in [-0.05, 0) is 32.0 Å². The number of aliphatic hydroxyl groups excluding tert-OH is 1. The molecule has 4 nitrogen and oxygen atoms in total. The minimum Gasteiger partial charge on any atom is -0.384 e. The van der Waals surface area contributed by atoms with E-state index in [1.54, 1.807) is 13.8 Å². The molecule has 2 N–H and O–H groups in total. The summed E-state index contributed by atoms with van der Waals surface area (Å²) in [6, 6.07) is 4.15. The zero-order chi connectivity index (χ0) is 14.5. The fourth-order valence-electron chi connectivity index (χ4n) is 1.27. The number of hydrogen-bond donors (Lipinski definition) is 2. The average molecular weight is 285 g/mol. The Morgan fingerprint density at radius 2 is 2.11 bits per heavy atom. The number of halogens is 1. The quantitative estimate of drug-likeness (QED) is 0.811. The van der Waals surface area contributed by atoms with Crippen molar-refractivity contribution in [2.75, 3.05) is 6.61 Å². The van der Waals surface area contributed by atoms with Gasteiger partial charge < -0.3 is 5.11 Å². The normalized spacial score (nSPS) is 11.2. The van der Waals surface area contributed by atoms with Crippen LogP contribution in [-0.4, -0.2) is 25.4 Å². The van der Waals surface area contributed by atoms with Crippen LogP contribution in [0.5, 0.6) is 0 Å². The molecule has 0 aliphatic carbocycles. The second-order valence-corrected chi connectivity index (χ2v) is 6.50. The predicted octanol–water partition coefficient (Wildman–Crippen LogP) is 0.997. The third-order valence-corrected chi connectivity index (χ3v) is 4.23. The first-order valence-corrected chi connectivity index (χ1v) is 7.28. The summed E-state index contributed by atoms with van der Waals surface area (Å²) in [7, 11) is -3.44. The van der Waals surface area contributed by atoms with Crippen LogP contribution in [0.25, 0.3) is 0 Å². The summed E-state index contributed by atoms with van der Waals surface area (Å²) < 4.78 is 39.0. The highest BCUT2D eigenvalue weighted by Gasteiger charge is 2.15. The fraction of sp³-hybridized carbons (Fsp3) is 0.385. The molecule has 6 heteroatoms. The van der Waals surface area contributed by atoms with Gasteiger partial charge >= 0.3 is 0 Å². The van der Waals surface area contributed by atoms with Crippen molar-refractivity contribution in [3.63, 3.8) is 0 Å². The molecular formula is C13H16FNO3S. The van der Waals surface area contributed by atoms with Gasteiger partial charge in [0.05, 0.1) is 5.25 Å². The summed E-state index contributed by atoms with van der Waals surface area (Å²) in [5, 5.41) is 8.01. The summed E-state index contributed by atoms with van der Waals surface area (Å²) in [6.07, 6.45) is 0. The molecule has 0 saturated carbocycles. The van der Waals surface area contributed by atoms with E-state index in [1.165, 1.54) is 18.2 Å². The molecule has 0 spiro atoms. The van der Waals surface area contributed by atoms with Crippen molar-refractivity contribution in [1.29, 1.82) is 0 Å². The lowest BCUT2D eigenvalue weighted by atomic mass is 10.1. The lowest BCUT2D eigenvalue weighted by molar-refractivity contribution is 0.350. The van der Waals surface area contributed by atoms with Gasteiger partial charge in [0, 0.05) is 17.7 Å². The maximum Gasteiger partial charge on any atom is 0.214 e. The van der Waals surface area contributed by atoms with Gasteiger partial charge in [0.2, 0.25) is 10.0 Å². The monoisotopic (exact) mass is 285 g/mol. The van der Waals surface area contributed by atoms with Crippen LogP contribution >= 0.6 is 0 Å². The van der Waals surface area contributed by atoms with Crippen molar-refractivity contribution in [2.24, 2.45) is 0 Å². The molecule has 0 aliphatic rings. The summed E-state index contributed by atoms with van der Waals surface area (Å²) in [5.41, 5.74) is 0.739. The van der Waals surface area contributed by atoms with Crippen molar-refractivity contribution in [2.45, 2.75) is 25.6 Å². The minimum atomic E-state index is -3.44. The molecule has 0 aliphatic heterocycles. The van der Waals surface area contributed by atoms with Crippen molar-refractivity contribution in [3.05, 3.63) is 35.1 Å². The maximum atomic E-state index is 13.5. The number of aliphatic hydroxyl groups is 1. The number of rotatable bonds is 4. The number of benzene rings is 1. The molecule has 0 amide bonds. The van der Waals surface area contributed by atoms with Gasteiger partial charge in [0.25, 0.3) is 0 Å². The Hall–Kier alpha value is -1.42. The van der Waals surface area contributed by atoms with Crippen molar-refractivity contribution >= 4 is 10.0 Å². The molecule has 0 radical (unpaired) electrons. The second-order valence-electron chi connectivity index (χ2n) is 4.18. The summed E-state index contributed by atoms with van der Waals surface area (Å²) >= 11 is 0. The molecule has 0 bridgehead atoms. The summed E-state index contributed by atoms with van der Waals surface area (Å²) in [4.78, 5) is 0. The Bertz CT molecular complexity index is 600. The lowest BCUT2D eigenvalue weighted by Gasteiger charge is -2.10. The third kappa shape index (κ3) is 4.63. The zero-order valence-electron chi connectivity index (χ0n) is 10.8. The summed E-state index contributed by atoms with van der Waals surface area (Å²) in [6.45, 7) is 2.68. The SMILES string of the molecule is CC(C)S(=O)(=O)NCc1cc(C#CCO)ccc1F. The highest BCUT2D eigenvalue weighted by atomic mass is 32.2. The number of sulfonamides is 1. The number of hydrogen-bond acceptors (Lipinski definition) is 3. The molecule has 104 valence electrons. The molecule has 1 aromatic rings. The molecule has 0 aromatic heterocycles. The third-order valence-electron chi connectivity index (χ3n) is 2.44. The van der Waals surface area contributed by atoms with Crippen LogP contribution in [0.3, 0.4) is 0 Å². The summed E-state index contributed by atoms with van der Waals surface area (Å²) in [5.74, 6) is 4.59. The highest BCUT2D eigenvalue weighted by Crippen LogP contribution is 2.11. The molecule has 0 heterocycles. The van der Waals surface area contributed by atoms with Gasteiger partial charge in [-0.3, -0.25) is 0 Å².